The number of amides is 1. The van der Waals surface area contributed by atoms with E-state index in [-0.39, 0.29) is 11.7 Å². The van der Waals surface area contributed by atoms with E-state index < -0.39 is 0 Å². The van der Waals surface area contributed by atoms with Crippen LogP contribution in [0.2, 0.25) is 0 Å². The van der Waals surface area contributed by atoms with Crippen LogP contribution in [0.1, 0.15) is 24.7 Å². The maximum atomic E-state index is 11.4. The molecule has 0 fully saturated rings. The Kier molecular flexibility index (Phi) is 4.77. The van der Waals surface area contributed by atoms with Crippen LogP contribution < -0.4 is 10.6 Å². The van der Waals surface area contributed by atoms with E-state index in [0.29, 0.717) is 18.7 Å². The number of nitrogens with zero attached hydrogens (tertiary/aromatic N) is 1. The van der Waals surface area contributed by atoms with Gasteiger partial charge in [-0.1, -0.05) is 13.0 Å². The molecule has 0 saturated heterocycles. The van der Waals surface area contributed by atoms with Crippen LogP contribution in [0.3, 0.4) is 0 Å². The number of hydrogen-bond donors (Lipinski definition) is 3. The first kappa shape index (κ1) is 14.8. The van der Waals surface area contributed by atoms with Crippen molar-refractivity contribution in [3.63, 3.8) is 0 Å². The molecule has 0 radical (unpaired) electrons. The quantitative estimate of drug-likeness (QED) is 0.789. The van der Waals surface area contributed by atoms with Crippen LogP contribution >= 0.6 is 0 Å². The number of pyridine rings is 1. The number of rotatable bonds is 5. The van der Waals surface area contributed by atoms with Gasteiger partial charge in [-0.3, -0.25) is 9.78 Å². The molecule has 1 aromatic heterocycles. The number of aryl methyl sites for hydroxylation is 1. The molecule has 5 heteroatoms. The minimum absolute atomic E-state index is 0.0230. The van der Waals surface area contributed by atoms with Crippen molar-refractivity contribution in [3.8, 4) is 5.75 Å². The van der Waals surface area contributed by atoms with Crippen LogP contribution in [-0.4, -0.2) is 16.0 Å². The van der Waals surface area contributed by atoms with Gasteiger partial charge in [-0.15, -0.1) is 0 Å². The summed E-state index contributed by atoms with van der Waals surface area (Å²) in [7, 11) is 0. The molecular weight excluding hydrogens is 266 g/mol. The molecule has 0 aliphatic rings. The molecule has 110 valence electrons. The first-order chi connectivity index (χ1) is 10.1. The number of hydrogen-bond acceptors (Lipinski definition) is 4. The first-order valence-corrected chi connectivity index (χ1v) is 6.87. The van der Waals surface area contributed by atoms with E-state index in [1.54, 1.807) is 12.1 Å². The fourth-order valence-corrected chi connectivity index (χ4v) is 1.88. The van der Waals surface area contributed by atoms with Crippen LogP contribution in [0.15, 0.2) is 36.4 Å². The van der Waals surface area contributed by atoms with Crippen LogP contribution in [-0.2, 0) is 11.3 Å². The third-order valence-electron chi connectivity index (χ3n) is 3.02. The fourth-order valence-electron chi connectivity index (χ4n) is 1.88. The topological polar surface area (TPSA) is 74.2 Å². The van der Waals surface area contributed by atoms with Gasteiger partial charge in [0.25, 0.3) is 0 Å². The van der Waals surface area contributed by atoms with Crippen LogP contribution in [0, 0.1) is 6.92 Å². The predicted octanol–water partition coefficient (Wildman–Crippen LogP) is 3.06. The number of carbonyl (C=O) groups is 1. The SMILES string of the molecule is CCC(=O)Nc1cccc(NCc2nc(C)ccc2O)c1. The van der Waals surface area contributed by atoms with Gasteiger partial charge in [0.05, 0.1) is 6.54 Å². The molecule has 1 aromatic carbocycles. The maximum Gasteiger partial charge on any atom is 0.224 e. The summed E-state index contributed by atoms with van der Waals surface area (Å²) in [4.78, 5) is 15.7. The third kappa shape index (κ3) is 4.21. The van der Waals surface area contributed by atoms with Gasteiger partial charge in [0, 0.05) is 23.5 Å². The second kappa shape index (κ2) is 6.74. The van der Waals surface area contributed by atoms with E-state index in [4.69, 9.17) is 0 Å². The number of nitrogens with one attached hydrogen (secondary N) is 2. The van der Waals surface area contributed by atoms with Crippen LogP contribution in [0.4, 0.5) is 11.4 Å². The van der Waals surface area contributed by atoms with Gasteiger partial charge in [0.15, 0.2) is 0 Å². The molecule has 0 unspecified atom stereocenters. The van der Waals surface area contributed by atoms with Crippen molar-refractivity contribution in [3.05, 3.63) is 47.8 Å². The zero-order valence-electron chi connectivity index (χ0n) is 12.2. The number of aromatic hydroxyl groups is 1. The molecule has 3 N–H and O–H groups in total. The highest BCUT2D eigenvalue weighted by atomic mass is 16.3. The summed E-state index contributed by atoms with van der Waals surface area (Å²) in [6.07, 6.45) is 0.443. The maximum absolute atomic E-state index is 11.4. The normalized spacial score (nSPS) is 10.2. The Morgan fingerprint density at radius 2 is 2.00 bits per heavy atom. The van der Waals surface area contributed by atoms with E-state index in [1.165, 1.54) is 0 Å². The second-order valence-electron chi connectivity index (χ2n) is 4.75. The van der Waals surface area contributed by atoms with Crippen molar-refractivity contribution in [1.29, 1.82) is 0 Å². The van der Waals surface area contributed by atoms with E-state index in [2.05, 4.69) is 15.6 Å². The molecular formula is C16H19N3O2. The fraction of sp³-hybridized carbons (Fsp3) is 0.250. The Morgan fingerprint density at radius 1 is 1.24 bits per heavy atom. The molecule has 0 atom stereocenters. The van der Waals surface area contributed by atoms with E-state index in [1.807, 2.05) is 38.1 Å². The summed E-state index contributed by atoms with van der Waals surface area (Å²) in [6.45, 7) is 4.10. The van der Waals surface area contributed by atoms with Crippen molar-refractivity contribution < 1.29 is 9.90 Å². The highest BCUT2D eigenvalue weighted by Gasteiger charge is 2.04. The summed E-state index contributed by atoms with van der Waals surface area (Å²) in [5.41, 5.74) is 3.05. The van der Waals surface area contributed by atoms with Gasteiger partial charge in [-0.25, -0.2) is 0 Å². The lowest BCUT2D eigenvalue weighted by Gasteiger charge is -2.10. The van der Waals surface area contributed by atoms with E-state index >= 15 is 0 Å². The Labute approximate surface area is 124 Å². The Morgan fingerprint density at radius 3 is 2.76 bits per heavy atom. The predicted molar refractivity (Wildman–Crippen MR) is 83.3 cm³/mol. The van der Waals surface area contributed by atoms with Gasteiger partial charge in [0.2, 0.25) is 5.91 Å². The van der Waals surface area contributed by atoms with Crippen molar-refractivity contribution >= 4 is 17.3 Å². The average Bonchev–Trinajstić information content (AvgIpc) is 2.48. The van der Waals surface area contributed by atoms with Crippen molar-refractivity contribution in [2.75, 3.05) is 10.6 Å². The lowest BCUT2D eigenvalue weighted by Crippen LogP contribution is -2.09. The summed E-state index contributed by atoms with van der Waals surface area (Å²) in [6, 6.07) is 10.8. The molecule has 0 aliphatic heterocycles. The molecule has 21 heavy (non-hydrogen) atoms. The molecule has 5 nitrogen and oxygen atoms in total. The third-order valence-corrected chi connectivity index (χ3v) is 3.02. The molecule has 0 aliphatic carbocycles. The van der Waals surface area contributed by atoms with Gasteiger partial charge >= 0.3 is 0 Å². The highest BCUT2D eigenvalue weighted by molar-refractivity contribution is 5.90. The largest absolute Gasteiger partial charge is 0.506 e. The summed E-state index contributed by atoms with van der Waals surface area (Å²) >= 11 is 0. The van der Waals surface area contributed by atoms with Gasteiger partial charge in [0.1, 0.15) is 11.4 Å². The number of anilines is 2. The van der Waals surface area contributed by atoms with Gasteiger partial charge in [-0.2, -0.15) is 0 Å². The Balaban J connectivity index is 2.04. The van der Waals surface area contributed by atoms with Crippen molar-refractivity contribution in [1.82, 2.24) is 4.98 Å². The average molecular weight is 285 g/mol. The minimum Gasteiger partial charge on any atom is -0.506 e. The number of benzene rings is 1. The van der Waals surface area contributed by atoms with Gasteiger partial charge in [-0.05, 0) is 37.3 Å². The van der Waals surface area contributed by atoms with Crippen LogP contribution in [0.25, 0.3) is 0 Å². The number of carbonyl (C=O) groups excluding carboxylic acids is 1. The molecule has 2 rings (SSSR count). The smallest absolute Gasteiger partial charge is 0.224 e. The van der Waals surface area contributed by atoms with Crippen molar-refractivity contribution in [2.45, 2.75) is 26.8 Å². The highest BCUT2D eigenvalue weighted by Crippen LogP contribution is 2.19. The number of aromatic nitrogens is 1. The van der Waals surface area contributed by atoms with Crippen LogP contribution in [0.5, 0.6) is 5.75 Å². The Hall–Kier alpha value is -2.56. The summed E-state index contributed by atoms with van der Waals surface area (Å²) in [5.74, 6) is 0.147. The van der Waals surface area contributed by atoms with E-state index in [9.17, 15) is 9.90 Å². The monoisotopic (exact) mass is 285 g/mol. The molecule has 0 spiro atoms. The molecule has 0 saturated carbocycles. The zero-order chi connectivity index (χ0) is 15.2. The molecule has 1 heterocycles. The second-order valence-corrected chi connectivity index (χ2v) is 4.75. The molecule has 2 aromatic rings. The minimum atomic E-state index is -0.0230. The molecule has 0 bridgehead atoms. The van der Waals surface area contributed by atoms with Gasteiger partial charge < -0.3 is 15.7 Å². The van der Waals surface area contributed by atoms with Crippen molar-refractivity contribution in [2.24, 2.45) is 0 Å². The lowest BCUT2D eigenvalue weighted by atomic mass is 10.2. The zero-order valence-corrected chi connectivity index (χ0v) is 12.2. The Bertz CT molecular complexity index is 641. The lowest BCUT2D eigenvalue weighted by molar-refractivity contribution is -0.115. The standard InChI is InChI=1S/C16H19N3O2/c1-3-16(21)19-13-6-4-5-12(9-13)17-10-14-15(20)8-7-11(2)18-14/h4-9,17,20H,3,10H2,1-2H3,(H,19,21). The molecule has 1 amide bonds. The summed E-state index contributed by atoms with van der Waals surface area (Å²) < 4.78 is 0. The first-order valence-electron chi connectivity index (χ1n) is 6.87. The van der Waals surface area contributed by atoms with E-state index in [0.717, 1.165) is 17.1 Å². The summed E-state index contributed by atoms with van der Waals surface area (Å²) in [5, 5.41) is 15.8.